The second kappa shape index (κ2) is 6.49. The van der Waals surface area contributed by atoms with Gasteiger partial charge in [-0.15, -0.1) is 0 Å². The van der Waals surface area contributed by atoms with E-state index in [0.29, 0.717) is 10.4 Å². The van der Waals surface area contributed by atoms with Crippen molar-refractivity contribution < 1.29 is 9.53 Å². The van der Waals surface area contributed by atoms with Crippen molar-refractivity contribution >= 4 is 23.3 Å². The third-order valence-corrected chi connectivity index (χ3v) is 4.12. The molecule has 1 aromatic carbocycles. The molecule has 0 aromatic heterocycles. The molecule has 1 aliphatic carbocycles. The first-order valence-corrected chi connectivity index (χ1v) is 7.51. The minimum Gasteiger partial charge on any atom is -0.461 e. The SMILES string of the molecule is CC1(C)CCC(OC(=O)CNc2ccc(Cl)cc2)CC1. The number of ether oxygens (including phenoxy) is 1. The van der Waals surface area contributed by atoms with Crippen LogP contribution in [0, 0.1) is 5.41 Å². The Morgan fingerprint density at radius 1 is 1.30 bits per heavy atom. The molecule has 0 bridgehead atoms. The van der Waals surface area contributed by atoms with Gasteiger partial charge in [0, 0.05) is 10.7 Å². The smallest absolute Gasteiger partial charge is 0.325 e. The maximum atomic E-state index is 11.8. The van der Waals surface area contributed by atoms with Crippen molar-refractivity contribution in [2.45, 2.75) is 45.6 Å². The third-order valence-electron chi connectivity index (χ3n) is 3.87. The van der Waals surface area contributed by atoms with Crippen molar-refractivity contribution in [2.75, 3.05) is 11.9 Å². The summed E-state index contributed by atoms with van der Waals surface area (Å²) in [5.74, 6) is -0.190. The average molecular weight is 296 g/mol. The highest BCUT2D eigenvalue weighted by atomic mass is 35.5. The lowest BCUT2D eigenvalue weighted by atomic mass is 9.76. The first-order valence-electron chi connectivity index (χ1n) is 7.14. The van der Waals surface area contributed by atoms with Crippen LogP contribution in [0.4, 0.5) is 5.69 Å². The minimum atomic E-state index is -0.190. The Morgan fingerprint density at radius 3 is 2.50 bits per heavy atom. The number of hydrogen-bond donors (Lipinski definition) is 1. The fourth-order valence-corrected chi connectivity index (χ4v) is 2.59. The molecule has 20 heavy (non-hydrogen) atoms. The van der Waals surface area contributed by atoms with E-state index in [9.17, 15) is 4.79 Å². The van der Waals surface area contributed by atoms with Gasteiger partial charge in [0.25, 0.3) is 0 Å². The van der Waals surface area contributed by atoms with E-state index in [1.54, 1.807) is 12.1 Å². The van der Waals surface area contributed by atoms with Crippen LogP contribution in [0.15, 0.2) is 24.3 Å². The van der Waals surface area contributed by atoms with Crippen molar-refractivity contribution in [3.05, 3.63) is 29.3 Å². The molecule has 0 radical (unpaired) electrons. The third kappa shape index (κ3) is 4.71. The summed E-state index contributed by atoms with van der Waals surface area (Å²) in [5, 5.41) is 3.73. The number of nitrogens with one attached hydrogen (secondary N) is 1. The number of benzene rings is 1. The normalized spacial score (nSPS) is 18.6. The maximum absolute atomic E-state index is 11.8. The van der Waals surface area contributed by atoms with Crippen LogP contribution in [0.1, 0.15) is 39.5 Å². The molecule has 0 amide bonds. The zero-order valence-electron chi connectivity index (χ0n) is 12.1. The van der Waals surface area contributed by atoms with Crippen LogP contribution in [0.5, 0.6) is 0 Å². The summed E-state index contributed by atoms with van der Waals surface area (Å²) in [4.78, 5) is 11.8. The van der Waals surface area contributed by atoms with Gasteiger partial charge in [-0.2, -0.15) is 0 Å². The Morgan fingerprint density at radius 2 is 1.90 bits per heavy atom. The number of carbonyl (C=O) groups is 1. The Labute approximate surface area is 125 Å². The monoisotopic (exact) mass is 295 g/mol. The molecule has 0 spiro atoms. The van der Waals surface area contributed by atoms with Gasteiger partial charge in [0.15, 0.2) is 0 Å². The van der Waals surface area contributed by atoms with Crippen LogP contribution in [-0.2, 0) is 9.53 Å². The van der Waals surface area contributed by atoms with Crippen molar-refractivity contribution in [3.8, 4) is 0 Å². The molecule has 4 heteroatoms. The molecule has 1 fully saturated rings. The fraction of sp³-hybridized carbons (Fsp3) is 0.562. The number of carbonyl (C=O) groups excluding carboxylic acids is 1. The molecule has 0 saturated heterocycles. The Kier molecular flexibility index (Phi) is 4.92. The summed E-state index contributed by atoms with van der Waals surface area (Å²) >= 11 is 5.81. The van der Waals surface area contributed by atoms with Gasteiger partial charge in [0.2, 0.25) is 0 Å². The molecule has 110 valence electrons. The predicted octanol–water partition coefficient (Wildman–Crippen LogP) is 4.26. The van der Waals surface area contributed by atoms with Gasteiger partial charge in [0.1, 0.15) is 12.6 Å². The van der Waals surface area contributed by atoms with Gasteiger partial charge in [-0.3, -0.25) is 4.79 Å². The van der Waals surface area contributed by atoms with E-state index < -0.39 is 0 Å². The second-order valence-corrected chi connectivity index (χ2v) is 6.65. The minimum absolute atomic E-state index is 0.0857. The Hall–Kier alpha value is -1.22. The molecule has 0 unspecified atom stereocenters. The lowest BCUT2D eigenvalue weighted by Crippen LogP contribution is -2.30. The second-order valence-electron chi connectivity index (χ2n) is 6.21. The topological polar surface area (TPSA) is 38.3 Å². The van der Waals surface area contributed by atoms with Crippen molar-refractivity contribution in [1.29, 1.82) is 0 Å². The van der Waals surface area contributed by atoms with Gasteiger partial charge < -0.3 is 10.1 Å². The van der Waals surface area contributed by atoms with Crippen LogP contribution in [0.3, 0.4) is 0 Å². The van der Waals surface area contributed by atoms with E-state index in [1.807, 2.05) is 12.1 Å². The molecule has 0 atom stereocenters. The predicted molar refractivity (Wildman–Crippen MR) is 82.1 cm³/mol. The van der Waals surface area contributed by atoms with Gasteiger partial charge >= 0.3 is 5.97 Å². The molecule has 3 nitrogen and oxygen atoms in total. The standard InChI is InChI=1S/C16H22ClNO2/c1-16(2)9-7-14(8-10-16)20-15(19)11-18-13-5-3-12(17)4-6-13/h3-6,14,18H,7-11H2,1-2H3. The summed E-state index contributed by atoms with van der Waals surface area (Å²) in [5.41, 5.74) is 1.26. The van der Waals surface area contributed by atoms with E-state index in [-0.39, 0.29) is 18.6 Å². The number of halogens is 1. The maximum Gasteiger partial charge on any atom is 0.325 e. The quantitative estimate of drug-likeness (QED) is 0.843. The molecule has 1 aromatic rings. The highest BCUT2D eigenvalue weighted by Crippen LogP contribution is 2.36. The van der Waals surface area contributed by atoms with E-state index >= 15 is 0 Å². The summed E-state index contributed by atoms with van der Waals surface area (Å²) < 4.78 is 5.50. The molecule has 2 rings (SSSR count). The molecule has 0 aliphatic heterocycles. The highest BCUT2D eigenvalue weighted by Gasteiger charge is 2.28. The van der Waals surface area contributed by atoms with Crippen LogP contribution >= 0.6 is 11.6 Å². The van der Waals surface area contributed by atoms with E-state index in [4.69, 9.17) is 16.3 Å². The van der Waals surface area contributed by atoms with Gasteiger partial charge in [0.05, 0.1) is 0 Å². The molecule has 1 aliphatic rings. The van der Waals surface area contributed by atoms with E-state index in [1.165, 1.54) is 0 Å². The average Bonchev–Trinajstić information content (AvgIpc) is 2.41. The number of anilines is 1. The first-order chi connectivity index (χ1) is 9.44. The number of rotatable bonds is 4. The zero-order valence-corrected chi connectivity index (χ0v) is 12.9. The fourth-order valence-electron chi connectivity index (χ4n) is 2.46. The van der Waals surface area contributed by atoms with E-state index in [0.717, 1.165) is 31.4 Å². The molecular formula is C16H22ClNO2. The lowest BCUT2D eigenvalue weighted by Gasteiger charge is -2.33. The van der Waals surface area contributed by atoms with Crippen LogP contribution in [0.25, 0.3) is 0 Å². The highest BCUT2D eigenvalue weighted by molar-refractivity contribution is 6.30. The first kappa shape index (κ1) is 15.2. The van der Waals surface area contributed by atoms with Gasteiger partial charge in [-0.05, 0) is 55.4 Å². The van der Waals surface area contributed by atoms with Crippen LogP contribution in [0.2, 0.25) is 5.02 Å². The summed E-state index contributed by atoms with van der Waals surface area (Å²) in [6, 6.07) is 7.27. The van der Waals surface area contributed by atoms with Crippen LogP contribution < -0.4 is 5.32 Å². The summed E-state index contributed by atoms with van der Waals surface area (Å²) in [6.45, 7) is 4.74. The van der Waals surface area contributed by atoms with Crippen LogP contribution in [-0.4, -0.2) is 18.6 Å². The summed E-state index contributed by atoms with van der Waals surface area (Å²) in [7, 11) is 0. The van der Waals surface area contributed by atoms with Crippen molar-refractivity contribution in [2.24, 2.45) is 5.41 Å². The molecular weight excluding hydrogens is 274 g/mol. The summed E-state index contributed by atoms with van der Waals surface area (Å²) in [6.07, 6.45) is 4.27. The zero-order chi connectivity index (χ0) is 14.6. The molecule has 1 saturated carbocycles. The van der Waals surface area contributed by atoms with Gasteiger partial charge in [-0.1, -0.05) is 25.4 Å². The molecule has 1 N–H and O–H groups in total. The van der Waals surface area contributed by atoms with Gasteiger partial charge in [-0.25, -0.2) is 0 Å². The van der Waals surface area contributed by atoms with E-state index in [2.05, 4.69) is 19.2 Å². The Balaban J connectivity index is 1.72. The Bertz CT molecular complexity index is 446. The number of hydrogen-bond acceptors (Lipinski definition) is 3. The lowest BCUT2D eigenvalue weighted by molar-refractivity contribution is -0.149. The van der Waals surface area contributed by atoms with Crippen molar-refractivity contribution in [3.63, 3.8) is 0 Å². The number of esters is 1. The van der Waals surface area contributed by atoms with Crippen molar-refractivity contribution in [1.82, 2.24) is 0 Å². The largest absolute Gasteiger partial charge is 0.461 e. The molecule has 0 heterocycles.